The Morgan fingerprint density at radius 2 is 1.81 bits per heavy atom. The number of hydrogen-bond acceptors (Lipinski definition) is 6. The van der Waals surface area contributed by atoms with Crippen molar-refractivity contribution >= 4 is 11.6 Å². The van der Waals surface area contributed by atoms with Crippen LogP contribution in [0.2, 0.25) is 0 Å². The minimum absolute atomic E-state index is 0.00551. The Labute approximate surface area is 155 Å². The number of amides is 1. The summed E-state index contributed by atoms with van der Waals surface area (Å²) in [5.74, 6) is 0.658. The van der Waals surface area contributed by atoms with Crippen LogP contribution in [0.4, 0.5) is 5.69 Å². The maximum Gasteiger partial charge on any atom is 0.269 e. The van der Waals surface area contributed by atoms with E-state index in [1.54, 1.807) is 19.2 Å². The number of aromatic nitrogens is 2. The second-order valence-electron chi connectivity index (χ2n) is 6.23. The maximum absolute atomic E-state index is 12.4. The molecule has 3 rings (SSSR count). The van der Waals surface area contributed by atoms with Crippen molar-refractivity contribution in [2.24, 2.45) is 0 Å². The summed E-state index contributed by atoms with van der Waals surface area (Å²) in [5, 5.41) is 14.6. The van der Waals surface area contributed by atoms with Gasteiger partial charge in [0.1, 0.15) is 0 Å². The molecule has 27 heavy (non-hydrogen) atoms. The van der Waals surface area contributed by atoms with E-state index in [4.69, 9.17) is 4.52 Å². The van der Waals surface area contributed by atoms with Gasteiger partial charge in [-0.1, -0.05) is 47.1 Å². The van der Waals surface area contributed by atoms with Crippen LogP contribution in [0.5, 0.6) is 0 Å². The summed E-state index contributed by atoms with van der Waals surface area (Å²) < 4.78 is 5.23. The highest BCUT2D eigenvalue weighted by Gasteiger charge is 2.15. The summed E-state index contributed by atoms with van der Waals surface area (Å²) >= 11 is 0. The Hall–Kier alpha value is -3.55. The molecule has 8 heteroatoms. The van der Waals surface area contributed by atoms with Gasteiger partial charge in [-0.15, -0.1) is 0 Å². The van der Waals surface area contributed by atoms with Gasteiger partial charge in [-0.3, -0.25) is 14.9 Å². The number of non-ortho nitro benzene ring substituents is 1. The first-order valence-electron chi connectivity index (χ1n) is 8.29. The molecule has 0 aliphatic heterocycles. The maximum atomic E-state index is 12.4. The van der Waals surface area contributed by atoms with Crippen molar-refractivity contribution in [2.45, 2.75) is 19.9 Å². The minimum Gasteiger partial charge on any atom is -0.337 e. The van der Waals surface area contributed by atoms with Gasteiger partial charge in [-0.25, -0.2) is 0 Å². The first-order valence-corrected chi connectivity index (χ1v) is 8.29. The van der Waals surface area contributed by atoms with Gasteiger partial charge >= 0.3 is 0 Å². The summed E-state index contributed by atoms with van der Waals surface area (Å²) in [5.41, 5.74) is 2.67. The molecule has 0 aliphatic rings. The Morgan fingerprint density at radius 3 is 2.44 bits per heavy atom. The first kappa shape index (κ1) is 18.2. The van der Waals surface area contributed by atoms with Crippen molar-refractivity contribution in [1.29, 1.82) is 0 Å². The third-order valence-corrected chi connectivity index (χ3v) is 4.08. The first-order chi connectivity index (χ1) is 12.9. The van der Waals surface area contributed by atoms with Gasteiger partial charge in [0, 0.05) is 24.7 Å². The number of carbonyl (C=O) groups is 1. The number of nitro groups is 1. The molecule has 2 aromatic carbocycles. The average Bonchev–Trinajstić information content (AvgIpc) is 3.11. The lowest BCUT2D eigenvalue weighted by Gasteiger charge is -2.14. The van der Waals surface area contributed by atoms with Gasteiger partial charge in [0.25, 0.3) is 5.69 Å². The average molecular weight is 366 g/mol. The summed E-state index contributed by atoms with van der Waals surface area (Å²) in [7, 11) is 1.64. The van der Waals surface area contributed by atoms with Crippen LogP contribution in [0.1, 0.15) is 17.0 Å². The number of benzene rings is 2. The number of nitrogens with zero attached hydrogens (tertiary/aromatic N) is 4. The van der Waals surface area contributed by atoms with E-state index in [1.165, 1.54) is 17.0 Å². The minimum atomic E-state index is -0.473. The highest BCUT2D eigenvalue weighted by Crippen LogP contribution is 2.17. The molecular weight excluding hydrogens is 348 g/mol. The van der Waals surface area contributed by atoms with Crippen LogP contribution in [0.3, 0.4) is 0 Å². The normalized spacial score (nSPS) is 10.6. The number of rotatable bonds is 6. The number of nitro benzene ring substituents is 1. The molecule has 0 unspecified atom stereocenters. The van der Waals surface area contributed by atoms with E-state index in [0.29, 0.717) is 17.3 Å². The zero-order valence-corrected chi connectivity index (χ0v) is 15.0. The molecule has 0 spiro atoms. The monoisotopic (exact) mass is 366 g/mol. The fourth-order valence-electron chi connectivity index (χ4n) is 2.48. The van der Waals surface area contributed by atoms with Gasteiger partial charge in [0.2, 0.25) is 17.6 Å². The lowest BCUT2D eigenvalue weighted by atomic mass is 10.1. The van der Waals surface area contributed by atoms with Crippen LogP contribution in [-0.4, -0.2) is 32.9 Å². The summed E-state index contributed by atoms with van der Waals surface area (Å²) in [6.45, 7) is 2.18. The molecular formula is C19H18N4O4. The van der Waals surface area contributed by atoms with Gasteiger partial charge in [-0.2, -0.15) is 4.98 Å². The van der Waals surface area contributed by atoms with Crippen molar-refractivity contribution in [3.63, 3.8) is 0 Å². The van der Waals surface area contributed by atoms with E-state index in [9.17, 15) is 14.9 Å². The van der Waals surface area contributed by atoms with Crippen LogP contribution in [0.25, 0.3) is 11.4 Å². The molecule has 0 bridgehead atoms. The number of aryl methyl sites for hydroxylation is 1. The van der Waals surface area contributed by atoms with E-state index < -0.39 is 4.92 Å². The SMILES string of the molecule is Cc1ccc(-c2noc(CN(C)C(=O)Cc3ccc([N+](=O)[O-])cc3)n2)cc1. The fraction of sp³-hybridized carbons (Fsp3) is 0.211. The molecule has 3 aromatic rings. The van der Waals surface area contributed by atoms with Crippen molar-refractivity contribution in [3.05, 3.63) is 75.7 Å². The second kappa shape index (κ2) is 7.77. The van der Waals surface area contributed by atoms with Crippen molar-refractivity contribution in [3.8, 4) is 11.4 Å². The fourth-order valence-corrected chi connectivity index (χ4v) is 2.48. The number of carbonyl (C=O) groups excluding carboxylic acids is 1. The molecule has 1 amide bonds. The molecule has 1 heterocycles. The molecule has 0 saturated carbocycles. The van der Waals surface area contributed by atoms with Crippen molar-refractivity contribution < 1.29 is 14.2 Å². The van der Waals surface area contributed by atoms with Gasteiger partial charge < -0.3 is 9.42 Å². The van der Waals surface area contributed by atoms with Crippen LogP contribution >= 0.6 is 0 Å². The lowest BCUT2D eigenvalue weighted by molar-refractivity contribution is -0.384. The third-order valence-electron chi connectivity index (χ3n) is 4.08. The Balaban J connectivity index is 1.61. The van der Waals surface area contributed by atoms with Crippen LogP contribution < -0.4 is 0 Å². The second-order valence-corrected chi connectivity index (χ2v) is 6.23. The Morgan fingerprint density at radius 1 is 1.15 bits per heavy atom. The van der Waals surface area contributed by atoms with Crippen LogP contribution in [0.15, 0.2) is 53.1 Å². The molecule has 0 aliphatic carbocycles. The zero-order valence-electron chi connectivity index (χ0n) is 15.0. The molecule has 0 saturated heterocycles. The van der Waals surface area contributed by atoms with Gasteiger partial charge in [-0.05, 0) is 12.5 Å². The highest BCUT2D eigenvalue weighted by molar-refractivity contribution is 5.78. The number of hydrogen-bond donors (Lipinski definition) is 0. The van der Waals surface area contributed by atoms with E-state index in [-0.39, 0.29) is 24.6 Å². The topological polar surface area (TPSA) is 102 Å². The lowest BCUT2D eigenvalue weighted by Crippen LogP contribution is -2.27. The molecule has 138 valence electrons. The van der Waals surface area contributed by atoms with E-state index in [1.807, 2.05) is 31.2 Å². The van der Waals surface area contributed by atoms with E-state index >= 15 is 0 Å². The largest absolute Gasteiger partial charge is 0.337 e. The Kier molecular flexibility index (Phi) is 5.25. The van der Waals surface area contributed by atoms with Crippen LogP contribution in [0, 0.1) is 17.0 Å². The predicted molar refractivity (Wildman–Crippen MR) is 97.7 cm³/mol. The number of likely N-dealkylation sites (N-methyl/N-ethyl adjacent to an activating group) is 1. The van der Waals surface area contributed by atoms with Gasteiger partial charge in [0.05, 0.1) is 17.9 Å². The quantitative estimate of drug-likeness (QED) is 0.490. The van der Waals surface area contributed by atoms with Crippen molar-refractivity contribution in [1.82, 2.24) is 15.0 Å². The van der Waals surface area contributed by atoms with Crippen LogP contribution in [-0.2, 0) is 17.8 Å². The molecule has 1 aromatic heterocycles. The van der Waals surface area contributed by atoms with E-state index in [0.717, 1.165) is 11.1 Å². The highest BCUT2D eigenvalue weighted by atomic mass is 16.6. The third kappa shape index (κ3) is 4.55. The Bertz CT molecular complexity index is 949. The zero-order chi connectivity index (χ0) is 19.4. The van der Waals surface area contributed by atoms with Gasteiger partial charge in [0.15, 0.2) is 0 Å². The molecule has 0 N–H and O–H groups in total. The standard InChI is InChI=1S/C19H18N4O4/c1-13-3-7-15(8-4-13)19-20-17(27-21-19)12-22(2)18(24)11-14-5-9-16(10-6-14)23(25)26/h3-10H,11-12H2,1-2H3. The predicted octanol–water partition coefficient (Wildman–Crippen LogP) is 3.15. The molecule has 8 nitrogen and oxygen atoms in total. The summed E-state index contributed by atoms with van der Waals surface area (Å²) in [6, 6.07) is 13.7. The molecule has 0 fully saturated rings. The summed E-state index contributed by atoms with van der Waals surface area (Å²) in [6.07, 6.45) is 0.132. The molecule has 0 radical (unpaired) electrons. The van der Waals surface area contributed by atoms with E-state index in [2.05, 4.69) is 10.1 Å². The summed E-state index contributed by atoms with van der Waals surface area (Å²) in [4.78, 5) is 28.4. The molecule has 0 atom stereocenters. The van der Waals surface area contributed by atoms with Crippen molar-refractivity contribution in [2.75, 3.05) is 7.05 Å². The smallest absolute Gasteiger partial charge is 0.269 e.